The minimum atomic E-state index is 0.214. The highest BCUT2D eigenvalue weighted by Gasteiger charge is 2.13. The maximum atomic E-state index is 6.27. The van der Waals surface area contributed by atoms with Crippen molar-refractivity contribution in [2.24, 2.45) is 0 Å². The second-order valence-corrected chi connectivity index (χ2v) is 7.33. The van der Waals surface area contributed by atoms with E-state index in [0.717, 1.165) is 11.1 Å². The molecule has 0 amide bonds. The van der Waals surface area contributed by atoms with Gasteiger partial charge in [-0.15, -0.1) is 0 Å². The lowest BCUT2D eigenvalue weighted by atomic mass is 10.1. The van der Waals surface area contributed by atoms with Crippen molar-refractivity contribution in [3.8, 4) is 11.5 Å². The van der Waals surface area contributed by atoms with Crippen LogP contribution in [0.25, 0.3) is 0 Å². The number of ether oxygens (including phenoxy) is 2. The molecule has 3 aromatic carbocycles. The molecule has 0 heterocycles. The Bertz CT molecular complexity index is 916. The Kier molecular flexibility index (Phi) is 7.21. The van der Waals surface area contributed by atoms with Crippen LogP contribution >= 0.6 is 23.2 Å². The van der Waals surface area contributed by atoms with Crippen LogP contribution in [-0.2, 0) is 13.2 Å². The Labute approximate surface area is 176 Å². The van der Waals surface area contributed by atoms with Gasteiger partial charge in [0, 0.05) is 33.8 Å². The van der Waals surface area contributed by atoms with Crippen LogP contribution in [0.1, 0.15) is 29.7 Å². The third-order valence-corrected chi connectivity index (χ3v) is 5.15. The number of nitrogens with one attached hydrogen (secondary N) is 1. The fraction of sp³-hybridized carbons (Fsp3) is 0.217. The van der Waals surface area contributed by atoms with Gasteiger partial charge in [-0.25, -0.2) is 0 Å². The van der Waals surface area contributed by atoms with E-state index in [0.29, 0.717) is 34.7 Å². The molecule has 0 spiro atoms. The Hall–Kier alpha value is -2.20. The minimum absolute atomic E-state index is 0.214. The van der Waals surface area contributed by atoms with Gasteiger partial charge in [0.2, 0.25) is 0 Å². The third-order valence-electron chi connectivity index (χ3n) is 4.57. The molecular formula is C23H23Cl2NO2. The van der Waals surface area contributed by atoms with Gasteiger partial charge in [-0.3, -0.25) is 0 Å². The maximum absolute atomic E-state index is 6.27. The normalized spacial score (nSPS) is 11.9. The van der Waals surface area contributed by atoms with Crippen LogP contribution in [0.5, 0.6) is 11.5 Å². The first kappa shape index (κ1) is 20.5. The topological polar surface area (TPSA) is 30.5 Å². The van der Waals surface area contributed by atoms with E-state index in [2.05, 4.69) is 24.4 Å². The molecule has 3 aromatic rings. The molecule has 3 nitrogen and oxygen atoms in total. The Morgan fingerprint density at radius 1 is 0.929 bits per heavy atom. The zero-order valence-corrected chi connectivity index (χ0v) is 17.4. The van der Waals surface area contributed by atoms with Gasteiger partial charge in [0.1, 0.15) is 6.61 Å². The largest absolute Gasteiger partial charge is 0.493 e. The van der Waals surface area contributed by atoms with Crippen molar-refractivity contribution in [1.82, 2.24) is 5.32 Å². The molecule has 0 aliphatic heterocycles. The summed E-state index contributed by atoms with van der Waals surface area (Å²) in [4.78, 5) is 0. The molecule has 1 N–H and O–H groups in total. The van der Waals surface area contributed by atoms with Crippen LogP contribution in [0, 0.1) is 0 Å². The highest BCUT2D eigenvalue weighted by Crippen LogP contribution is 2.33. The van der Waals surface area contributed by atoms with Crippen molar-refractivity contribution < 1.29 is 9.47 Å². The number of hydrogen-bond donors (Lipinski definition) is 1. The second kappa shape index (κ2) is 9.83. The summed E-state index contributed by atoms with van der Waals surface area (Å²) in [7, 11) is 1.64. The number of halogens is 2. The van der Waals surface area contributed by atoms with Gasteiger partial charge in [0.05, 0.1) is 7.11 Å². The van der Waals surface area contributed by atoms with Gasteiger partial charge >= 0.3 is 0 Å². The first-order chi connectivity index (χ1) is 13.6. The van der Waals surface area contributed by atoms with E-state index in [4.69, 9.17) is 32.7 Å². The van der Waals surface area contributed by atoms with Crippen LogP contribution in [0.4, 0.5) is 0 Å². The van der Waals surface area contributed by atoms with Gasteiger partial charge in [0.15, 0.2) is 11.5 Å². The number of methoxy groups -OCH3 is 1. The first-order valence-corrected chi connectivity index (χ1v) is 9.85. The molecule has 0 unspecified atom stereocenters. The lowest BCUT2D eigenvalue weighted by molar-refractivity contribution is 0.280. The van der Waals surface area contributed by atoms with E-state index in [1.165, 1.54) is 5.56 Å². The van der Waals surface area contributed by atoms with Crippen molar-refractivity contribution in [1.29, 1.82) is 0 Å². The van der Waals surface area contributed by atoms with Gasteiger partial charge in [0.25, 0.3) is 0 Å². The summed E-state index contributed by atoms with van der Waals surface area (Å²) in [6.45, 7) is 3.12. The first-order valence-electron chi connectivity index (χ1n) is 9.09. The Morgan fingerprint density at radius 3 is 2.43 bits per heavy atom. The van der Waals surface area contributed by atoms with Gasteiger partial charge in [-0.1, -0.05) is 71.7 Å². The highest BCUT2D eigenvalue weighted by molar-refractivity contribution is 6.35. The summed E-state index contributed by atoms with van der Waals surface area (Å²) in [5, 5.41) is 4.73. The summed E-state index contributed by atoms with van der Waals surface area (Å²) in [5.74, 6) is 1.40. The van der Waals surface area contributed by atoms with Gasteiger partial charge < -0.3 is 14.8 Å². The van der Waals surface area contributed by atoms with E-state index in [9.17, 15) is 0 Å². The SMILES string of the molecule is COc1cccc(CN[C@H](C)c2ccccc2)c1OCc1ccc(Cl)cc1Cl. The zero-order chi connectivity index (χ0) is 19.9. The highest BCUT2D eigenvalue weighted by atomic mass is 35.5. The predicted octanol–water partition coefficient (Wildman–Crippen LogP) is 6.43. The number of rotatable bonds is 8. The molecule has 146 valence electrons. The van der Waals surface area contributed by atoms with Crippen LogP contribution < -0.4 is 14.8 Å². The van der Waals surface area contributed by atoms with E-state index in [1.807, 2.05) is 42.5 Å². The van der Waals surface area contributed by atoms with Gasteiger partial charge in [-0.2, -0.15) is 0 Å². The van der Waals surface area contributed by atoms with Crippen LogP contribution in [-0.4, -0.2) is 7.11 Å². The molecule has 0 radical (unpaired) electrons. The summed E-state index contributed by atoms with van der Waals surface area (Å²) < 4.78 is 11.6. The molecule has 0 saturated carbocycles. The lowest BCUT2D eigenvalue weighted by Crippen LogP contribution is -2.18. The number of para-hydroxylation sites is 1. The molecule has 3 rings (SSSR count). The Balaban J connectivity index is 1.74. The molecule has 0 bridgehead atoms. The van der Waals surface area contributed by atoms with Crippen molar-refractivity contribution in [3.63, 3.8) is 0 Å². The standard InChI is InChI=1S/C23H23Cl2NO2/c1-16(17-7-4-3-5-8-17)26-14-18-9-6-10-22(27-2)23(18)28-15-19-11-12-20(24)13-21(19)25/h3-13,16,26H,14-15H2,1-2H3/t16-/m1/s1. The van der Waals surface area contributed by atoms with Crippen molar-refractivity contribution in [3.05, 3.63) is 93.5 Å². The van der Waals surface area contributed by atoms with E-state index < -0.39 is 0 Å². The van der Waals surface area contributed by atoms with E-state index in [-0.39, 0.29) is 6.04 Å². The molecule has 0 aliphatic rings. The third kappa shape index (κ3) is 5.20. The average Bonchev–Trinajstić information content (AvgIpc) is 2.72. The summed E-state index contributed by atoms with van der Waals surface area (Å²) in [5.41, 5.74) is 3.13. The second-order valence-electron chi connectivity index (χ2n) is 6.49. The number of benzene rings is 3. The van der Waals surface area contributed by atoms with Crippen molar-refractivity contribution in [2.75, 3.05) is 7.11 Å². The molecule has 1 atom stereocenters. The zero-order valence-electron chi connectivity index (χ0n) is 15.9. The van der Waals surface area contributed by atoms with Crippen molar-refractivity contribution in [2.45, 2.75) is 26.1 Å². The lowest BCUT2D eigenvalue weighted by Gasteiger charge is -2.18. The molecule has 0 fully saturated rings. The summed E-state index contributed by atoms with van der Waals surface area (Å²) in [6.07, 6.45) is 0. The van der Waals surface area contributed by atoms with E-state index >= 15 is 0 Å². The summed E-state index contributed by atoms with van der Waals surface area (Å²) >= 11 is 12.2. The predicted molar refractivity (Wildman–Crippen MR) is 115 cm³/mol. The molecular weight excluding hydrogens is 393 g/mol. The fourth-order valence-electron chi connectivity index (χ4n) is 2.94. The van der Waals surface area contributed by atoms with Crippen molar-refractivity contribution >= 4 is 23.2 Å². The molecule has 28 heavy (non-hydrogen) atoms. The fourth-order valence-corrected chi connectivity index (χ4v) is 3.40. The Morgan fingerprint density at radius 2 is 1.71 bits per heavy atom. The molecule has 0 saturated heterocycles. The number of hydrogen-bond acceptors (Lipinski definition) is 3. The smallest absolute Gasteiger partial charge is 0.166 e. The van der Waals surface area contributed by atoms with Crippen LogP contribution in [0.15, 0.2) is 66.7 Å². The van der Waals surface area contributed by atoms with E-state index in [1.54, 1.807) is 19.2 Å². The molecule has 0 aromatic heterocycles. The van der Waals surface area contributed by atoms with Crippen LogP contribution in [0.2, 0.25) is 10.0 Å². The van der Waals surface area contributed by atoms with Crippen LogP contribution in [0.3, 0.4) is 0 Å². The molecule has 5 heteroatoms. The quantitative estimate of drug-likeness (QED) is 0.459. The molecule has 0 aliphatic carbocycles. The average molecular weight is 416 g/mol. The monoisotopic (exact) mass is 415 g/mol. The maximum Gasteiger partial charge on any atom is 0.166 e. The van der Waals surface area contributed by atoms with Gasteiger partial charge in [-0.05, 0) is 30.7 Å². The summed E-state index contributed by atoms with van der Waals surface area (Å²) in [6, 6.07) is 21.8. The minimum Gasteiger partial charge on any atom is -0.493 e.